The van der Waals surface area contributed by atoms with Crippen LogP contribution in [0.3, 0.4) is 0 Å². The van der Waals surface area contributed by atoms with Gasteiger partial charge in [-0.05, 0) is 30.3 Å². The monoisotopic (exact) mass is 214 g/mol. The highest BCUT2D eigenvalue weighted by atomic mass is 16.1. The summed E-state index contributed by atoms with van der Waals surface area (Å²) in [5, 5.41) is 10.0. The van der Waals surface area contributed by atoms with Gasteiger partial charge in [-0.2, -0.15) is 5.10 Å². The van der Waals surface area contributed by atoms with E-state index in [0.29, 0.717) is 17.1 Å². The number of nitrogens with one attached hydrogen (secondary N) is 1. The lowest BCUT2D eigenvalue weighted by molar-refractivity contribution is 0.102. The van der Waals surface area contributed by atoms with Crippen LogP contribution in [0.5, 0.6) is 0 Å². The molecule has 16 heavy (non-hydrogen) atoms. The Kier molecular flexibility index (Phi) is 2.77. The van der Waals surface area contributed by atoms with Crippen molar-refractivity contribution in [2.24, 2.45) is 0 Å². The summed E-state index contributed by atoms with van der Waals surface area (Å²) in [5.74, 6) is 0.155. The third kappa shape index (κ3) is 2.33. The topological polar surface area (TPSA) is 80.9 Å². The van der Waals surface area contributed by atoms with Crippen LogP contribution >= 0.6 is 0 Å². The van der Waals surface area contributed by atoms with Crippen molar-refractivity contribution in [2.75, 3.05) is 11.1 Å². The summed E-state index contributed by atoms with van der Waals surface area (Å²) in [7, 11) is 0. The summed E-state index contributed by atoms with van der Waals surface area (Å²) < 4.78 is 0. The second-order valence-electron chi connectivity index (χ2n) is 3.19. The minimum absolute atomic E-state index is 0.257. The molecule has 1 aromatic heterocycles. The maximum Gasteiger partial charge on any atom is 0.256 e. The third-order valence-corrected chi connectivity index (χ3v) is 1.96. The Morgan fingerprint density at radius 3 is 2.81 bits per heavy atom. The molecule has 2 aromatic rings. The first-order valence-electron chi connectivity index (χ1n) is 4.70. The Morgan fingerprint density at radius 2 is 2.12 bits per heavy atom. The molecule has 2 rings (SSSR count). The third-order valence-electron chi connectivity index (χ3n) is 1.96. The number of hydrogen-bond acceptors (Lipinski definition) is 4. The van der Waals surface area contributed by atoms with Gasteiger partial charge in [0.2, 0.25) is 0 Å². The SMILES string of the molecule is Nc1cccc(C(=O)Nc2cccnn2)c1. The van der Waals surface area contributed by atoms with Crippen LogP contribution in [0.4, 0.5) is 11.5 Å². The Labute approximate surface area is 92.3 Å². The number of rotatable bonds is 2. The summed E-state index contributed by atoms with van der Waals surface area (Å²) in [6.45, 7) is 0. The van der Waals surface area contributed by atoms with E-state index in [1.807, 2.05) is 0 Å². The van der Waals surface area contributed by atoms with Crippen molar-refractivity contribution in [2.45, 2.75) is 0 Å². The summed E-state index contributed by atoms with van der Waals surface area (Å²) in [6, 6.07) is 10.1. The molecule has 5 heteroatoms. The number of nitrogens with two attached hydrogens (primary N) is 1. The van der Waals surface area contributed by atoms with Crippen molar-refractivity contribution in [1.29, 1.82) is 0 Å². The molecule has 0 spiro atoms. The van der Waals surface area contributed by atoms with Crippen molar-refractivity contribution >= 4 is 17.4 Å². The Hall–Kier alpha value is -2.43. The second kappa shape index (κ2) is 4.39. The molecule has 0 saturated carbocycles. The van der Waals surface area contributed by atoms with E-state index in [1.165, 1.54) is 6.20 Å². The molecule has 0 aliphatic rings. The van der Waals surface area contributed by atoms with Gasteiger partial charge in [0.25, 0.3) is 5.91 Å². The molecule has 0 saturated heterocycles. The smallest absolute Gasteiger partial charge is 0.256 e. The van der Waals surface area contributed by atoms with Crippen LogP contribution in [0.15, 0.2) is 42.6 Å². The van der Waals surface area contributed by atoms with E-state index in [2.05, 4.69) is 15.5 Å². The molecule has 80 valence electrons. The van der Waals surface area contributed by atoms with Gasteiger partial charge in [0.1, 0.15) is 0 Å². The number of nitrogen functional groups attached to an aromatic ring is 1. The number of aromatic nitrogens is 2. The molecule has 0 atom stereocenters. The average molecular weight is 214 g/mol. The number of amides is 1. The van der Waals surface area contributed by atoms with Crippen molar-refractivity contribution in [3.8, 4) is 0 Å². The Balaban J connectivity index is 2.15. The van der Waals surface area contributed by atoms with Crippen molar-refractivity contribution in [1.82, 2.24) is 10.2 Å². The van der Waals surface area contributed by atoms with Crippen LogP contribution < -0.4 is 11.1 Å². The quantitative estimate of drug-likeness (QED) is 0.738. The predicted octanol–water partition coefficient (Wildman–Crippen LogP) is 1.31. The lowest BCUT2D eigenvalue weighted by Crippen LogP contribution is -2.13. The lowest BCUT2D eigenvalue weighted by Gasteiger charge is -2.03. The molecular weight excluding hydrogens is 204 g/mol. The van der Waals surface area contributed by atoms with Gasteiger partial charge >= 0.3 is 0 Å². The fourth-order valence-corrected chi connectivity index (χ4v) is 1.24. The largest absolute Gasteiger partial charge is 0.399 e. The summed E-state index contributed by atoms with van der Waals surface area (Å²) in [6.07, 6.45) is 1.54. The van der Waals surface area contributed by atoms with Crippen molar-refractivity contribution in [3.63, 3.8) is 0 Å². The summed E-state index contributed by atoms with van der Waals surface area (Å²) in [5.41, 5.74) is 6.62. The predicted molar refractivity (Wildman–Crippen MR) is 60.8 cm³/mol. The van der Waals surface area contributed by atoms with Gasteiger partial charge in [-0.15, -0.1) is 5.10 Å². The van der Waals surface area contributed by atoms with Gasteiger partial charge in [0.15, 0.2) is 5.82 Å². The maximum absolute atomic E-state index is 11.7. The molecule has 0 bridgehead atoms. The number of benzene rings is 1. The molecule has 0 aliphatic carbocycles. The van der Waals surface area contributed by atoms with E-state index in [-0.39, 0.29) is 5.91 Å². The molecule has 0 fully saturated rings. The van der Waals surface area contributed by atoms with Crippen LogP contribution in [0.25, 0.3) is 0 Å². The highest BCUT2D eigenvalue weighted by Crippen LogP contribution is 2.08. The van der Waals surface area contributed by atoms with Gasteiger partial charge in [-0.3, -0.25) is 4.79 Å². The van der Waals surface area contributed by atoms with Gasteiger partial charge in [-0.25, -0.2) is 0 Å². The van der Waals surface area contributed by atoms with E-state index in [9.17, 15) is 4.79 Å². The first-order valence-corrected chi connectivity index (χ1v) is 4.70. The standard InChI is InChI=1S/C11H10N4O/c12-9-4-1-3-8(7-9)11(16)14-10-5-2-6-13-15-10/h1-7H,12H2,(H,14,15,16). The average Bonchev–Trinajstić information content (AvgIpc) is 2.30. The minimum Gasteiger partial charge on any atom is -0.399 e. The van der Waals surface area contributed by atoms with E-state index in [0.717, 1.165) is 0 Å². The molecule has 1 amide bonds. The van der Waals surface area contributed by atoms with Crippen LogP contribution in [0.1, 0.15) is 10.4 Å². The first-order chi connectivity index (χ1) is 7.75. The minimum atomic E-state index is -0.257. The maximum atomic E-state index is 11.7. The van der Waals surface area contributed by atoms with E-state index >= 15 is 0 Å². The number of carbonyl (C=O) groups excluding carboxylic acids is 1. The fraction of sp³-hybridized carbons (Fsp3) is 0. The van der Waals surface area contributed by atoms with Gasteiger partial charge in [0.05, 0.1) is 0 Å². The fourth-order valence-electron chi connectivity index (χ4n) is 1.24. The molecule has 5 nitrogen and oxygen atoms in total. The van der Waals surface area contributed by atoms with E-state index in [1.54, 1.807) is 36.4 Å². The van der Waals surface area contributed by atoms with Crippen molar-refractivity contribution < 1.29 is 4.79 Å². The van der Waals surface area contributed by atoms with Crippen LogP contribution in [0.2, 0.25) is 0 Å². The van der Waals surface area contributed by atoms with Gasteiger partial charge < -0.3 is 11.1 Å². The Morgan fingerprint density at radius 1 is 1.25 bits per heavy atom. The molecule has 3 N–H and O–H groups in total. The van der Waals surface area contributed by atoms with Crippen LogP contribution in [-0.4, -0.2) is 16.1 Å². The molecule has 0 unspecified atom stereocenters. The zero-order chi connectivity index (χ0) is 11.4. The molecule has 0 aliphatic heterocycles. The molecule has 1 aromatic carbocycles. The number of hydrogen-bond donors (Lipinski definition) is 2. The van der Waals surface area contributed by atoms with E-state index in [4.69, 9.17) is 5.73 Å². The highest BCUT2D eigenvalue weighted by molar-refractivity contribution is 6.04. The van der Waals surface area contributed by atoms with E-state index < -0.39 is 0 Å². The molecular formula is C11H10N4O. The van der Waals surface area contributed by atoms with Crippen LogP contribution in [0, 0.1) is 0 Å². The highest BCUT2D eigenvalue weighted by Gasteiger charge is 2.06. The number of nitrogens with zero attached hydrogens (tertiary/aromatic N) is 2. The molecule has 0 radical (unpaired) electrons. The number of carbonyl (C=O) groups is 1. The summed E-state index contributed by atoms with van der Waals surface area (Å²) >= 11 is 0. The first kappa shape index (κ1) is 10.1. The normalized spacial score (nSPS) is 9.75. The zero-order valence-electron chi connectivity index (χ0n) is 8.42. The second-order valence-corrected chi connectivity index (χ2v) is 3.19. The molecule has 1 heterocycles. The lowest BCUT2D eigenvalue weighted by atomic mass is 10.2. The van der Waals surface area contributed by atoms with Gasteiger partial charge in [-0.1, -0.05) is 6.07 Å². The zero-order valence-corrected chi connectivity index (χ0v) is 8.42. The number of anilines is 2. The van der Waals surface area contributed by atoms with Crippen molar-refractivity contribution in [3.05, 3.63) is 48.2 Å². The van der Waals surface area contributed by atoms with Gasteiger partial charge in [0, 0.05) is 17.4 Å². The van der Waals surface area contributed by atoms with Crippen LogP contribution in [-0.2, 0) is 0 Å². The Bertz CT molecular complexity index is 498. The summed E-state index contributed by atoms with van der Waals surface area (Å²) in [4.78, 5) is 11.7.